The van der Waals surface area contributed by atoms with Crippen molar-refractivity contribution in [2.45, 2.75) is 52.1 Å². The molecule has 1 fully saturated rings. The van der Waals surface area contributed by atoms with Crippen LogP contribution in [0.25, 0.3) is 21.8 Å². The Labute approximate surface area is 223 Å². The van der Waals surface area contributed by atoms with Crippen LogP contribution < -0.4 is 0 Å². The van der Waals surface area contributed by atoms with Gasteiger partial charge in [0, 0.05) is 45.0 Å². The van der Waals surface area contributed by atoms with Crippen LogP contribution in [0, 0.1) is 0 Å². The van der Waals surface area contributed by atoms with Gasteiger partial charge in [0.25, 0.3) is 0 Å². The molecule has 0 bridgehead atoms. The predicted octanol–water partition coefficient (Wildman–Crippen LogP) is 6.28. The van der Waals surface area contributed by atoms with E-state index in [9.17, 15) is 14.4 Å². The molecular formula is C32H34N2O4. The molecular weight excluding hydrogens is 476 g/mol. The molecule has 4 aromatic rings. The van der Waals surface area contributed by atoms with E-state index in [2.05, 4.69) is 23.3 Å². The largest absolute Gasteiger partial charge is 0.465 e. The van der Waals surface area contributed by atoms with Gasteiger partial charge in [-0.15, -0.1) is 0 Å². The maximum absolute atomic E-state index is 13.7. The average molecular weight is 511 g/mol. The van der Waals surface area contributed by atoms with Gasteiger partial charge in [0.05, 0.1) is 18.7 Å². The van der Waals surface area contributed by atoms with Crippen LogP contribution >= 0.6 is 0 Å². The van der Waals surface area contributed by atoms with E-state index >= 15 is 0 Å². The maximum Gasteiger partial charge on any atom is 0.337 e. The molecule has 6 heteroatoms. The van der Waals surface area contributed by atoms with Crippen LogP contribution in [0.5, 0.6) is 0 Å². The number of aromatic nitrogens is 1. The zero-order valence-corrected chi connectivity index (χ0v) is 22.3. The Balaban J connectivity index is 1.54. The number of carbonyl (C=O) groups is 3. The number of benzene rings is 3. The number of fused-ring (bicyclic) bond motifs is 3. The Hall–Kier alpha value is -3.77. The minimum absolute atomic E-state index is 0.0997. The van der Waals surface area contributed by atoms with Crippen LogP contribution in [-0.4, -0.2) is 53.2 Å². The third-order valence-corrected chi connectivity index (χ3v) is 7.82. The molecule has 0 aliphatic carbocycles. The normalized spacial score (nSPS) is 15.0. The molecule has 5 rings (SSSR count). The zero-order chi connectivity index (χ0) is 26.8. The van der Waals surface area contributed by atoms with Crippen molar-refractivity contribution in [3.05, 3.63) is 82.9 Å². The van der Waals surface area contributed by atoms with Crippen LogP contribution in [0.4, 0.5) is 0 Å². The summed E-state index contributed by atoms with van der Waals surface area (Å²) in [7, 11) is 1.33. The van der Waals surface area contributed by atoms with Gasteiger partial charge >= 0.3 is 5.97 Å². The molecule has 0 saturated carbocycles. The monoisotopic (exact) mass is 510 g/mol. The quantitative estimate of drug-likeness (QED) is 0.206. The van der Waals surface area contributed by atoms with E-state index in [0.29, 0.717) is 16.7 Å². The molecule has 6 nitrogen and oxygen atoms in total. The smallest absolute Gasteiger partial charge is 0.337 e. The molecule has 3 aromatic carbocycles. The highest BCUT2D eigenvalue weighted by Gasteiger charge is 2.27. The summed E-state index contributed by atoms with van der Waals surface area (Å²) in [5.74, 6) is -0.385. The van der Waals surface area contributed by atoms with Crippen molar-refractivity contribution in [2.75, 3.05) is 20.2 Å². The predicted molar refractivity (Wildman–Crippen MR) is 150 cm³/mol. The van der Waals surface area contributed by atoms with Crippen LogP contribution in [0.2, 0.25) is 0 Å². The molecule has 0 spiro atoms. The Morgan fingerprint density at radius 1 is 0.763 bits per heavy atom. The summed E-state index contributed by atoms with van der Waals surface area (Å²) in [6, 6.07) is 18.2. The molecule has 2 heterocycles. The van der Waals surface area contributed by atoms with Gasteiger partial charge in [-0.05, 0) is 87.8 Å². The van der Waals surface area contributed by atoms with Crippen LogP contribution in [0.1, 0.15) is 76.2 Å². The Kier molecular flexibility index (Phi) is 7.43. The third kappa shape index (κ3) is 4.65. The summed E-state index contributed by atoms with van der Waals surface area (Å²) in [5.41, 5.74) is 4.28. The van der Waals surface area contributed by atoms with Gasteiger partial charge in [0.1, 0.15) is 0 Å². The number of ketones is 2. The van der Waals surface area contributed by atoms with E-state index in [1.165, 1.54) is 13.5 Å². The zero-order valence-electron chi connectivity index (χ0n) is 22.3. The van der Waals surface area contributed by atoms with Crippen molar-refractivity contribution in [1.29, 1.82) is 0 Å². The first-order chi connectivity index (χ1) is 18.5. The number of piperidine rings is 1. The fraction of sp³-hybridized carbons (Fsp3) is 0.344. The van der Waals surface area contributed by atoms with Gasteiger partial charge in [-0.25, -0.2) is 4.79 Å². The molecule has 0 N–H and O–H groups in total. The van der Waals surface area contributed by atoms with Crippen molar-refractivity contribution < 1.29 is 19.1 Å². The summed E-state index contributed by atoms with van der Waals surface area (Å²) >= 11 is 0. The van der Waals surface area contributed by atoms with Crippen molar-refractivity contribution in [3.63, 3.8) is 0 Å². The average Bonchev–Trinajstić information content (AvgIpc) is 3.29. The van der Waals surface area contributed by atoms with Crippen molar-refractivity contribution >= 4 is 39.3 Å². The van der Waals surface area contributed by atoms with Crippen LogP contribution in [0.15, 0.2) is 60.7 Å². The minimum atomic E-state index is -0.436. The highest BCUT2D eigenvalue weighted by molar-refractivity contribution is 6.16. The van der Waals surface area contributed by atoms with Gasteiger partial charge in [-0.3, -0.25) is 14.5 Å². The summed E-state index contributed by atoms with van der Waals surface area (Å²) in [5, 5.41) is 1.94. The molecule has 1 aromatic heterocycles. The van der Waals surface area contributed by atoms with Gasteiger partial charge in [0.15, 0.2) is 11.6 Å². The second kappa shape index (κ2) is 10.9. The van der Waals surface area contributed by atoms with Gasteiger partial charge in [0.2, 0.25) is 0 Å². The van der Waals surface area contributed by atoms with Crippen LogP contribution in [0.3, 0.4) is 0 Å². The minimum Gasteiger partial charge on any atom is -0.465 e. The van der Waals surface area contributed by atoms with E-state index in [1.54, 1.807) is 24.3 Å². The number of esters is 1. The summed E-state index contributed by atoms with van der Waals surface area (Å²) in [6.07, 6.45) is 4.32. The lowest BCUT2D eigenvalue weighted by Crippen LogP contribution is -2.43. The summed E-state index contributed by atoms with van der Waals surface area (Å²) in [6.45, 7) is 6.93. The molecule has 1 saturated heterocycles. The lowest BCUT2D eigenvalue weighted by atomic mass is 9.96. The number of likely N-dealkylation sites (tertiary alicyclic amines) is 1. The van der Waals surface area contributed by atoms with Crippen molar-refractivity contribution in [3.8, 4) is 0 Å². The SMILES string of the molecule is CCC(C(=O)c1ccc2c(c1)c1cc(C(=O)c3ccc(C(=O)OC)cc3)ccc1n2CC)N1CCCCC1. The van der Waals surface area contributed by atoms with E-state index in [0.717, 1.165) is 66.3 Å². The number of ether oxygens (including phenoxy) is 1. The Bertz CT molecular complexity index is 1510. The molecule has 0 amide bonds. The maximum atomic E-state index is 13.7. The van der Waals surface area contributed by atoms with E-state index in [1.807, 2.05) is 36.4 Å². The molecule has 1 aliphatic rings. The number of aryl methyl sites for hydroxylation is 1. The molecule has 0 radical (unpaired) electrons. The first-order valence-corrected chi connectivity index (χ1v) is 13.5. The van der Waals surface area contributed by atoms with E-state index < -0.39 is 5.97 Å². The number of hydrogen-bond donors (Lipinski definition) is 0. The number of rotatable bonds is 8. The molecule has 38 heavy (non-hydrogen) atoms. The fourth-order valence-corrected chi connectivity index (χ4v) is 5.81. The summed E-state index contributed by atoms with van der Waals surface area (Å²) < 4.78 is 6.98. The Morgan fingerprint density at radius 2 is 1.32 bits per heavy atom. The second-order valence-corrected chi connectivity index (χ2v) is 9.99. The standard InChI is InChI=1S/C32H34N2O4/c1-4-27(33-17-7-6-8-18-33)31(36)24-14-16-29-26(20-24)25-19-23(13-15-28(25)34(29)5-2)30(35)21-9-11-22(12-10-21)32(37)38-3/h9-16,19-20,27H,4-8,17-18H2,1-3H3. The number of hydrogen-bond acceptors (Lipinski definition) is 5. The highest BCUT2D eigenvalue weighted by Crippen LogP contribution is 2.32. The first kappa shape index (κ1) is 25.9. The molecule has 196 valence electrons. The van der Waals surface area contributed by atoms with Crippen molar-refractivity contribution in [1.82, 2.24) is 9.47 Å². The van der Waals surface area contributed by atoms with Gasteiger partial charge in [-0.2, -0.15) is 0 Å². The third-order valence-electron chi connectivity index (χ3n) is 7.82. The summed E-state index contributed by atoms with van der Waals surface area (Å²) in [4.78, 5) is 41.1. The number of Topliss-reactive ketones (excluding diaryl/α,β-unsaturated/α-hetero) is 1. The van der Waals surface area contributed by atoms with Gasteiger partial charge < -0.3 is 9.30 Å². The lowest BCUT2D eigenvalue weighted by Gasteiger charge is -2.33. The highest BCUT2D eigenvalue weighted by atomic mass is 16.5. The topological polar surface area (TPSA) is 68.6 Å². The van der Waals surface area contributed by atoms with Crippen molar-refractivity contribution in [2.24, 2.45) is 0 Å². The van der Waals surface area contributed by atoms with E-state index in [4.69, 9.17) is 4.74 Å². The fourth-order valence-electron chi connectivity index (χ4n) is 5.81. The number of carbonyl (C=O) groups excluding carboxylic acids is 3. The lowest BCUT2D eigenvalue weighted by molar-refractivity contribution is 0.0600. The molecule has 1 aliphatic heterocycles. The van der Waals surface area contributed by atoms with E-state index in [-0.39, 0.29) is 17.6 Å². The second-order valence-electron chi connectivity index (χ2n) is 9.99. The number of methoxy groups -OCH3 is 1. The van der Waals surface area contributed by atoms with Crippen LogP contribution in [-0.2, 0) is 11.3 Å². The molecule has 1 atom stereocenters. The van der Waals surface area contributed by atoms with Gasteiger partial charge in [-0.1, -0.05) is 25.5 Å². The first-order valence-electron chi connectivity index (χ1n) is 13.5. The number of nitrogens with zero attached hydrogens (tertiary/aromatic N) is 2. The Morgan fingerprint density at radius 3 is 1.89 bits per heavy atom. The molecule has 1 unspecified atom stereocenters.